The Kier molecular flexibility index (Phi) is 3.93. The summed E-state index contributed by atoms with van der Waals surface area (Å²) in [5.41, 5.74) is 2.45. The maximum Gasteiger partial charge on any atom is 0.115 e. The van der Waals surface area contributed by atoms with Gasteiger partial charge in [0, 0.05) is 24.6 Å². The molecule has 2 rings (SSSR count). The van der Waals surface area contributed by atoms with Gasteiger partial charge in [0.1, 0.15) is 5.75 Å². The second-order valence-corrected chi connectivity index (χ2v) is 6.03. The van der Waals surface area contributed by atoms with Gasteiger partial charge < -0.3 is 15.5 Å². The van der Waals surface area contributed by atoms with Crippen molar-refractivity contribution >= 4 is 0 Å². The summed E-state index contributed by atoms with van der Waals surface area (Å²) >= 11 is 0. The summed E-state index contributed by atoms with van der Waals surface area (Å²) in [6, 6.07) is 5.96. The molecule has 3 N–H and O–H groups in total. The minimum atomic E-state index is -0.103. The minimum Gasteiger partial charge on any atom is -0.508 e. The molecule has 0 aliphatic heterocycles. The summed E-state index contributed by atoms with van der Waals surface area (Å²) in [7, 11) is 0. The second-order valence-electron chi connectivity index (χ2n) is 6.03. The predicted molar refractivity (Wildman–Crippen MR) is 72.7 cm³/mol. The summed E-state index contributed by atoms with van der Waals surface area (Å²) in [5, 5.41) is 22.4. The first kappa shape index (κ1) is 13.4. The Balaban J connectivity index is 2.10. The van der Waals surface area contributed by atoms with Gasteiger partial charge in [-0.2, -0.15) is 0 Å². The number of hydrogen-bond acceptors (Lipinski definition) is 3. The molecule has 0 heterocycles. The molecule has 0 fully saturated rings. The van der Waals surface area contributed by atoms with E-state index >= 15 is 0 Å². The Labute approximate surface area is 109 Å². The lowest BCUT2D eigenvalue weighted by Crippen LogP contribution is -2.35. The standard InChI is InChI=1S/C15H23NO2/c1-15(2,10-17)9-16-14-5-3-4-11-6-7-12(18)8-13(11)14/h6-8,14,16-18H,3-5,9-10H2,1-2H3. The number of benzene rings is 1. The number of aliphatic hydroxyl groups is 1. The van der Waals surface area contributed by atoms with Crippen LogP contribution in [0, 0.1) is 5.41 Å². The highest BCUT2D eigenvalue weighted by molar-refractivity contribution is 5.38. The molecule has 3 nitrogen and oxygen atoms in total. The van der Waals surface area contributed by atoms with E-state index in [9.17, 15) is 10.2 Å². The fraction of sp³-hybridized carbons (Fsp3) is 0.600. The van der Waals surface area contributed by atoms with Crippen molar-refractivity contribution < 1.29 is 10.2 Å². The van der Waals surface area contributed by atoms with Gasteiger partial charge in [0.05, 0.1) is 0 Å². The molecule has 0 aromatic heterocycles. The number of rotatable bonds is 4. The number of nitrogens with one attached hydrogen (secondary N) is 1. The average molecular weight is 249 g/mol. The molecule has 0 radical (unpaired) electrons. The Hall–Kier alpha value is -1.06. The van der Waals surface area contributed by atoms with E-state index in [0.717, 1.165) is 19.4 Å². The molecule has 0 saturated carbocycles. The van der Waals surface area contributed by atoms with Crippen LogP contribution >= 0.6 is 0 Å². The van der Waals surface area contributed by atoms with E-state index in [1.807, 2.05) is 26.0 Å². The zero-order valence-corrected chi connectivity index (χ0v) is 11.2. The predicted octanol–water partition coefficient (Wildman–Crippen LogP) is 2.38. The van der Waals surface area contributed by atoms with Crippen molar-refractivity contribution in [1.82, 2.24) is 5.32 Å². The second kappa shape index (κ2) is 5.29. The molecule has 1 unspecified atom stereocenters. The SMILES string of the molecule is CC(C)(CO)CNC1CCCc2ccc(O)cc21. The highest BCUT2D eigenvalue weighted by Crippen LogP contribution is 2.32. The van der Waals surface area contributed by atoms with Crippen LogP contribution in [0.1, 0.15) is 43.9 Å². The van der Waals surface area contributed by atoms with Crippen LogP contribution in [0.25, 0.3) is 0 Å². The van der Waals surface area contributed by atoms with Crippen molar-refractivity contribution in [2.24, 2.45) is 5.41 Å². The summed E-state index contributed by atoms with van der Waals surface area (Å²) in [6.45, 7) is 5.06. The first-order valence-corrected chi connectivity index (χ1v) is 6.68. The van der Waals surface area contributed by atoms with Crippen LogP contribution in [0.3, 0.4) is 0 Å². The van der Waals surface area contributed by atoms with Crippen molar-refractivity contribution in [2.75, 3.05) is 13.2 Å². The normalized spacial score (nSPS) is 19.6. The van der Waals surface area contributed by atoms with Crippen LogP contribution in [0.5, 0.6) is 5.75 Å². The zero-order chi connectivity index (χ0) is 13.2. The Morgan fingerprint density at radius 1 is 1.39 bits per heavy atom. The molecule has 1 atom stereocenters. The zero-order valence-electron chi connectivity index (χ0n) is 11.2. The van der Waals surface area contributed by atoms with Crippen molar-refractivity contribution in [2.45, 2.75) is 39.2 Å². The molecule has 0 bridgehead atoms. The van der Waals surface area contributed by atoms with E-state index in [-0.39, 0.29) is 12.0 Å². The molecule has 0 spiro atoms. The Bertz CT molecular complexity index is 415. The monoisotopic (exact) mass is 249 g/mol. The van der Waals surface area contributed by atoms with Gasteiger partial charge in [-0.25, -0.2) is 0 Å². The number of aromatic hydroxyl groups is 1. The van der Waals surface area contributed by atoms with Crippen LogP contribution in [0.15, 0.2) is 18.2 Å². The van der Waals surface area contributed by atoms with E-state index < -0.39 is 0 Å². The first-order valence-electron chi connectivity index (χ1n) is 6.68. The number of aryl methyl sites for hydroxylation is 1. The summed E-state index contributed by atoms with van der Waals surface area (Å²) in [4.78, 5) is 0. The molecule has 18 heavy (non-hydrogen) atoms. The molecule has 100 valence electrons. The molecular weight excluding hydrogens is 226 g/mol. The molecule has 0 saturated heterocycles. The average Bonchev–Trinajstić information content (AvgIpc) is 2.36. The van der Waals surface area contributed by atoms with Gasteiger partial charge in [-0.1, -0.05) is 19.9 Å². The summed E-state index contributed by atoms with van der Waals surface area (Å²) in [5.74, 6) is 0.337. The maximum atomic E-state index is 9.61. The highest BCUT2D eigenvalue weighted by atomic mass is 16.3. The van der Waals surface area contributed by atoms with E-state index in [0.29, 0.717) is 11.8 Å². The third-order valence-corrected chi connectivity index (χ3v) is 3.70. The fourth-order valence-electron chi connectivity index (χ4n) is 2.45. The van der Waals surface area contributed by atoms with Gasteiger partial charge in [0.25, 0.3) is 0 Å². The molecule has 1 aliphatic rings. The molecule has 0 amide bonds. The van der Waals surface area contributed by atoms with Gasteiger partial charge in [-0.15, -0.1) is 0 Å². The van der Waals surface area contributed by atoms with Crippen molar-refractivity contribution in [3.8, 4) is 5.75 Å². The molecule has 1 aliphatic carbocycles. The topological polar surface area (TPSA) is 52.5 Å². The highest BCUT2D eigenvalue weighted by Gasteiger charge is 2.23. The first-order chi connectivity index (χ1) is 8.52. The molecule has 1 aromatic carbocycles. The number of phenolic OH excluding ortho intramolecular Hbond substituents is 1. The van der Waals surface area contributed by atoms with Gasteiger partial charge >= 0.3 is 0 Å². The molecular formula is C15H23NO2. The van der Waals surface area contributed by atoms with Gasteiger partial charge in [-0.05, 0) is 42.5 Å². The van der Waals surface area contributed by atoms with Crippen LogP contribution in [-0.2, 0) is 6.42 Å². The van der Waals surface area contributed by atoms with E-state index in [4.69, 9.17) is 0 Å². The van der Waals surface area contributed by atoms with Crippen LogP contribution in [0.2, 0.25) is 0 Å². The minimum absolute atomic E-state index is 0.103. The van der Waals surface area contributed by atoms with E-state index in [1.54, 1.807) is 6.07 Å². The lowest BCUT2D eigenvalue weighted by atomic mass is 9.86. The van der Waals surface area contributed by atoms with Crippen LogP contribution in [-0.4, -0.2) is 23.4 Å². The lowest BCUT2D eigenvalue weighted by Gasteiger charge is -2.30. The number of phenols is 1. The van der Waals surface area contributed by atoms with Gasteiger partial charge in [0.2, 0.25) is 0 Å². The van der Waals surface area contributed by atoms with Crippen LogP contribution < -0.4 is 5.32 Å². The van der Waals surface area contributed by atoms with Crippen molar-refractivity contribution in [3.05, 3.63) is 29.3 Å². The van der Waals surface area contributed by atoms with Gasteiger partial charge in [0.15, 0.2) is 0 Å². The van der Waals surface area contributed by atoms with Gasteiger partial charge in [-0.3, -0.25) is 0 Å². The van der Waals surface area contributed by atoms with E-state index in [2.05, 4.69) is 5.32 Å². The lowest BCUT2D eigenvalue weighted by molar-refractivity contribution is 0.152. The van der Waals surface area contributed by atoms with Crippen molar-refractivity contribution in [1.29, 1.82) is 0 Å². The number of fused-ring (bicyclic) bond motifs is 1. The number of aliphatic hydroxyl groups excluding tert-OH is 1. The Morgan fingerprint density at radius 2 is 2.17 bits per heavy atom. The number of hydrogen-bond donors (Lipinski definition) is 3. The largest absolute Gasteiger partial charge is 0.508 e. The molecule has 3 heteroatoms. The molecule has 1 aromatic rings. The summed E-state index contributed by atoms with van der Waals surface area (Å²) in [6.07, 6.45) is 3.37. The Morgan fingerprint density at radius 3 is 2.89 bits per heavy atom. The van der Waals surface area contributed by atoms with Crippen molar-refractivity contribution in [3.63, 3.8) is 0 Å². The fourth-order valence-corrected chi connectivity index (χ4v) is 2.45. The maximum absolute atomic E-state index is 9.61. The third kappa shape index (κ3) is 3.03. The quantitative estimate of drug-likeness (QED) is 0.768. The summed E-state index contributed by atoms with van der Waals surface area (Å²) < 4.78 is 0. The van der Waals surface area contributed by atoms with Crippen LogP contribution in [0.4, 0.5) is 0 Å². The third-order valence-electron chi connectivity index (χ3n) is 3.70. The smallest absolute Gasteiger partial charge is 0.115 e. The van der Waals surface area contributed by atoms with E-state index in [1.165, 1.54) is 17.5 Å².